The Balaban J connectivity index is 1.11. The van der Waals surface area contributed by atoms with E-state index in [-0.39, 0.29) is 5.56 Å². The zero-order valence-electron chi connectivity index (χ0n) is 22.4. The first kappa shape index (κ1) is 26.0. The molecule has 13 heteroatoms. The summed E-state index contributed by atoms with van der Waals surface area (Å²) in [5, 5.41) is 23.4. The average molecular weight is 543 g/mol. The highest BCUT2D eigenvalue weighted by atomic mass is 16.1. The number of benzene rings is 1. The van der Waals surface area contributed by atoms with Crippen LogP contribution in [0.3, 0.4) is 0 Å². The van der Waals surface area contributed by atoms with Crippen LogP contribution in [0.4, 0.5) is 17.5 Å². The van der Waals surface area contributed by atoms with Crippen molar-refractivity contribution in [1.29, 1.82) is 5.26 Å². The van der Waals surface area contributed by atoms with E-state index >= 15 is 0 Å². The van der Waals surface area contributed by atoms with Crippen LogP contribution in [0.2, 0.25) is 0 Å². The average Bonchev–Trinajstić information content (AvgIpc) is 3.49. The molecule has 3 aliphatic rings. The van der Waals surface area contributed by atoms with Gasteiger partial charge in [-0.15, -0.1) is 10.6 Å². The van der Waals surface area contributed by atoms with Crippen molar-refractivity contribution >= 4 is 34.2 Å². The summed E-state index contributed by atoms with van der Waals surface area (Å²) < 4.78 is 0. The normalized spacial score (nSPS) is 18.7. The molecule has 6 rings (SSSR count). The molecule has 5 heterocycles. The van der Waals surface area contributed by atoms with Gasteiger partial charge >= 0.3 is 0 Å². The summed E-state index contributed by atoms with van der Waals surface area (Å²) in [4.78, 5) is 26.7. The number of fused-ring (bicyclic) bond motifs is 1. The highest BCUT2D eigenvalue weighted by molar-refractivity contribution is 5.90. The number of hydrogen-bond donors (Lipinski definition) is 5. The number of aromatic amines is 1. The van der Waals surface area contributed by atoms with E-state index in [0.29, 0.717) is 40.9 Å². The molecule has 0 radical (unpaired) electrons. The largest absolute Gasteiger partial charge is 0.341 e. The van der Waals surface area contributed by atoms with Crippen molar-refractivity contribution < 1.29 is 0 Å². The lowest BCUT2D eigenvalue weighted by atomic mass is 9.93. The van der Waals surface area contributed by atoms with E-state index in [2.05, 4.69) is 70.1 Å². The van der Waals surface area contributed by atoms with Crippen LogP contribution in [0, 0.1) is 23.2 Å². The number of hydrazone groups is 1. The maximum Gasteiger partial charge on any atom is 0.277 e. The van der Waals surface area contributed by atoms with Gasteiger partial charge in [-0.3, -0.25) is 15.1 Å². The van der Waals surface area contributed by atoms with Gasteiger partial charge in [0.1, 0.15) is 22.6 Å². The van der Waals surface area contributed by atoms with Gasteiger partial charge in [-0.2, -0.15) is 15.3 Å². The molecule has 0 unspecified atom stereocenters. The third-order valence-corrected chi connectivity index (χ3v) is 8.05. The van der Waals surface area contributed by atoms with E-state index in [9.17, 15) is 4.79 Å². The van der Waals surface area contributed by atoms with Gasteiger partial charge in [0.05, 0.1) is 12.3 Å². The van der Waals surface area contributed by atoms with Crippen molar-refractivity contribution in [2.45, 2.75) is 45.1 Å². The minimum atomic E-state index is -0.331. The molecule has 0 saturated carbocycles. The number of nitriles is 1. The molecule has 3 aromatic rings. The van der Waals surface area contributed by atoms with Gasteiger partial charge in [-0.1, -0.05) is 12.1 Å². The van der Waals surface area contributed by atoms with Gasteiger partial charge in [0.2, 0.25) is 5.95 Å². The maximum atomic E-state index is 12.7. The minimum Gasteiger partial charge on any atom is -0.341 e. The SMILES string of the molecule is N#CCC1CCN(c2nc(Nc3ccc(CN4CCC(CC5=NNNN5)CC4)cc3)c3c(=O)[nH]ncc3n2)CC1. The highest BCUT2D eigenvalue weighted by Gasteiger charge is 2.24. The quantitative estimate of drug-likeness (QED) is 0.283. The van der Waals surface area contributed by atoms with Gasteiger partial charge < -0.3 is 10.2 Å². The number of aromatic nitrogens is 4. The molecule has 208 valence electrons. The van der Waals surface area contributed by atoms with Gasteiger partial charge in [0.15, 0.2) is 0 Å². The predicted octanol–water partition coefficient (Wildman–Crippen LogP) is 2.11. The van der Waals surface area contributed by atoms with Crippen LogP contribution >= 0.6 is 0 Å². The summed E-state index contributed by atoms with van der Waals surface area (Å²) in [6.07, 6.45) is 7.26. The van der Waals surface area contributed by atoms with E-state index < -0.39 is 0 Å². The predicted molar refractivity (Wildman–Crippen MR) is 152 cm³/mol. The summed E-state index contributed by atoms with van der Waals surface area (Å²) in [5.74, 6) is 3.06. The van der Waals surface area contributed by atoms with E-state index in [1.54, 1.807) is 6.20 Å². The van der Waals surface area contributed by atoms with Crippen LogP contribution in [0.1, 0.15) is 44.1 Å². The zero-order valence-corrected chi connectivity index (χ0v) is 22.4. The first-order chi connectivity index (χ1) is 19.6. The van der Waals surface area contributed by atoms with Crippen molar-refractivity contribution in [3.05, 3.63) is 46.4 Å². The number of likely N-dealkylation sites (tertiary alicyclic amines) is 1. The molecule has 1 aromatic carbocycles. The number of piperidine rings is 2. The van der Waals surface area contributed by atoms with Crippen molar-refractivity contribution in [2.75, 3.05) is 36.4 Å². The maximum absolute atomic E-state index is 12.7. The van der Waals surface area contributed by atoms with Crippen LogP contribution in [-0.2, 0) is 6.54 Å². The number of amidine groups is 1. The van der Waals surface area contributed by atoms with Crippen LogP contribution < -0.4 is 32.3 Å². The summed E-state index contributed by atoms with van der Waals surface area (Å²) in [5.41, 5.74) is 10.8. The zero-order chi connectivity index (χ0) is 27.3. The Labute approximate surface area is 232 Å². The lowest BCUT2D eigenvalue weighted by molar-refractivity contribution is 0.180. The molecule has 5 N–H and O–H groups in total. The van der Waals surface area contributed by atoms with E-state index in [0.717, 1.165) is 76.4 Å². The first-order valence-corrected chi connectivity index (χ1v) is 13.9. The molecule has 40 heavy (non-hydrogen) atoms. The molecule has 0 amide bonds. The standard InChI is InChI=1S/C27H34N12O/c28-10-5-18-8-13-39(14-9-18)27-31-22-16-29-35-26(40)24(22)25(32-27)30-21-3-1-20(2-4-21)17-38-11-6-19(7-12-38)15-23-33-36-37-34-23/h1-4,16,18-19,36-37H,5-9,11-15,17H2,(H,33,34)(H,35,40)(H,30,31,32). The molecule has 13 nitrogen and oxygen atoms in total. The van der Waals surface area contributed by atoms with Gasteiger partial charge in [-0.05, 0) is 68.3 Å². The summed E-state index contributed by atoms with van der Waals surface area (Å²) in [6.45, 7) is 4.60. The van der Waals surface area contributed by atoms with Gasteiger partial charge in [0.25, 0.3) is 5.56 Å². The fourth-order valence-electron chi connectivity index (χ4n) is 5.72. The summed E-state index contributed by atoms with van der Waals surface area (Å²) in [6, 6.07) is 10.6. The first-order valence-electron chi connectivity index (χ1n) is 13.9. The Morgan fingerprint density at radius 3 is 2.52 bits per heavy atom. The van der Waals surface area contributed by atoms with Crippen LogP contribution in [0.5, 0.6) is 0 Å². The fraction of sp³-hybridized carbons (Fsp3) is 0.481. The van der Waals surface area contributed by atoms with Crippen molar-refractivity contribution in [3.8, 4) is 6.07 Å². The third kappa shape index (κ3) is 5.98. The molecule has 0 aliphatic carbocycles. The molecule has 0 spiro atoms. The minimum absolute atomic E-state index is 0.331. The Hall–Kier alpha value is -4.28. The lowest BCUT2D eigenvalue weighted by Crippen LogP contribution is -2.38. The molecule has 2 saturated heterocycles. The number of rotatable bonds is 8. The second kappa shape index (κ2) is 11.8. The molecular formula is C27H34N12O. The second-order valence-corrected chi connectivity index (χ2v) is 10.8. The Bertz CT molecular complexity index is 1450. The summed E-state index contributed by atoms with van der Waals surface area (Å²) in [7, 11) is 0. The monoisotopic (exact) mass is 542 g/mol. The Morgan fingerprint density at radius 2 is 1.80 bits per heavy atom. The number of hydrogen-bond acceptors (Lipinski definition) is 12. The topological polar surface area (TPSA) is 162 Å². The number of anilines is 3. The molecule has 0 bridgehead atoms. The molecule has 0 atom stereocenters. The Kier molecular flexibility index (Phi) is 7.69. The van der Waals surface area contributed by atoms with E-state index in [4.69, 9.17) is 10.2 Å². The number of hydrazine groups is 2. The Morgan fingerprint density at radius 1 is 1.02 bits per heavy atom. The summed E-state index contributed by atoms with van der Waals surface area (Å²) >= 11 is 0. The van der Waals surface area contributed by atoms with Crippen molar-refractivity contribution in [1.82, 2.24) is 41.6 Å². The molecule has 2 fully saturated rings. The molecular weight excluding hydrogens is 508 g/mol. The number of nitrogens with zero attached hydrogens (tertiary/aromatic N) is 7. The van der Waals surface area contributed by atoms with Crippen molar-refractivity contribution in [2.24, 2.45) is 16.9 Å². The van der Waals surface area contributed by atoms with Crippen LogP contribution in [-0.4, -0.2) is 57.1 Å². The number of nitrogens with one attached hydrogen (secondary N) is 5. The number of H-pyrrole nitrogens is 1. The van der Waals surface area contributed by atoms with E-state index in [1.165, 1.54) is 5.56 Å². The van der Waals surface area contributed by atoms with Crippen LogP contribution in [0.15, 0.2) is 40.4 Å². The smallest absolute Gasteiger partial charge is 0.277 e. The molecule has 2 aromatic heterocycles. The van der Waals surface area contributed by atoms with Gasteiger partial charge in [0, 0.05) is 38.2 Å². The second-order valence-electron chi connectivity index (χ2n) is 10.8. The molecule has 3 aliphatic heterocycles. The highest BCUT2D eigenvalue weighted by Crippen LogP contribution is 2.28. The van der Waals surface area contributed by atoms with Gasteiger partial charge in [-0.25, -0.2) is 15.6 Å². The van der Waals surface area contributed by atoms with Crippen molar-refractivity contribution in [3.63, 3.8) is 0 Å². The third-order valence-electron chi connectivity index (χ3n) is 8.05. The van der Waals surface area contributed by atoms with E-state index in [1.807, 2.05) is 12.1 Å². The lowest BCUT2D eigenvalue weighted by Gasteiger charge is -2.32. The fourth-order valence-corrected chi connectivity index (χ4v) is 5.72. The van der Waals surface area contributed by atoms with Crippen LogP contribution in [0.25, 0.3) is 10.9 Å².